The Labute approximate surface area is 243 Å². The van der Waals surface area contributed by atoms with Crippen LogP contribution < -0.4 is 5.56 Å². The van der Waals surface area contributed by atoms with E-state index in [0.717, 1.165) is 16.5 Å². The molecule has 6 atom stereocenters. The molecule has 43 heavy (non-hydrogen) atoms. The number of hydrogen-bond acceptors (Lipinski definition) is 13. The number of esters is 1. The van der Waals surface area contributed by atoms with Crippen LogP contribution in [0.2, 0.25) is 0 Å². The molecule has 0 saturated carbocycles. The number of aromatic nitrogens is 2. The lowest BCUT2D eigenvalue weighted by Gasteiger charge is -2.39. The van der Waals surface area contributed by atoms with Crippen LogP contribution in [0.4, 0.5) is 0 Å². The molecule has 1 aromatic carbocycles. The maximum Gasteiger partial charge on any atom is 0.348 e. The van der Waals surface area contributed by atoms with Crippen molar-refractivity contribution in [3.05, 3.63) is 63.4 Å². The second-order valence-electron chi connectivity index (χ2n) is 10.6. The zero-order chi connectivity index (χ0) is 30.5. The number of rotatable bonds is 8. The first kappa shape index (κ1) is 29.3. The molecule has 14 heteroatoms. The van der Waals surface area contributed by atoms with Crippen molar-refractivity contribution in [2.45, 2.75) is 69.2 Å². The number of aliphatic hydroxyl groups is 4. The van der Waals surface area contributed by atoms with Crippen LogP contribution in [0.25, 0.3) is 22.3 Å². The summed E-state index contributed by atoms with van der Waals surface area (Å²) in [4.78, 5) is 54.6. The van der Waals surface area contributed by atoms with E-state index in [2.05, 4.69) is 0 Å². The first-order valence-corrected chi connectivity index (χ1v) is 13.8. The zero-order valence-corrected chi connectivity index (χ0v) is 23.0. The van der Waals surface area contributed by atoms with Crippen LogP contribution in [0.3, 0.4) is 0 Å². The molecule has 5 heterocycles. The van der Waals surface area contributed by atoms with Gasteiger partial charge in [-0.1, -0.05) is 25.1 Å². The number of carbonyl (C=O) groups excluding carboxylic acids is 2. The zero-order valence-electron chi connectivity index (χ0n) is 23.0. The molecular weight excluding hydrogens is 568 g/mol. The molecule has 0 aliphatic carbocycles. The Morgan fingerprint density at radius 1 is 1.14 bits per heavy atom. The molecule has 0 bridgehead atoms. The maximum atomic E-state index is 13.6. The predicted octanol–water partition coefficient (Wildman–Crippen LogP) is -0.231. The van der Waals surface area contributed by atoms with E-state index in [1.807, 2.05) is 30.3 Å². The van der Waals surface area contributed by atoms with Gasteiger partial charge in [0.05, 0.1) is 48.6 Å². The third kappa shape index (κ3) is 4.90. The maximum absolute atomic E-state index is 13.6. The molecule has 3 aliphatic heterocycles. The Kier molecular flexibility index (Phi) is 7.76. The van der Waals surface area contributed by atoms with E-state index in [-0.39, 0.29) is 36.3 Å². The van der Waals surface area contributed by atoms with Crippen LogP contribution in [0.1, 0.15) is 36.5 Å². The lowest BCUT2D eigenvalue weighted by Crippen LogP contribution is -2.59. The Bertz CT molecular complexity index is 1640. The Morgan fingerprint density at radius 2 is 1.93 bits per heavy atom. The molecule has 1 fully saturated rings. The number of benzene rings is 1. The Morgan fingerprint density at radius 3 is 2.70 bits per heavy atom. The number of fused-ring (bicyclic) bond motifs is 5. The van der Waals surface area contributed by atoms with E-state index in [4.69, 9.17) is 29.0 Å². The van der Waals surface area contributed by atoms with Crippen LogP contribution in [-0.2, 0) is 52.3 Å². The number of nitrogens with zero attached hydrogens (tertiary/aromatic N) is 2. The van der Waals surface area contributed by atoms with Crippen molar-refractivity contribution in [2.75, 3.05) is 13.2 Å². The van der Waals surface area contributed by atoms with Gasteiger partial charge >= 0.3 is 11.9 Å². The average Bonchev–Trinajstić information content (AvgIpc) is 3.37. The van der Waals surface area contributed by atoms with Gasteiger partial charge in [-0.25, -0.2) is 14.6 Å². The molecule has 1 saturated heterocycles. The van der Waals surface area contributed by atoms with E-state index < -0.39 is 61.3 Å². The highest BCUT2D eigenvalue weighted by molar-refractivity contribution is 5.86. The first-order valence-electron chi connectivity index (χ1n) is 13.8. The second kappa shape index (κ2) is 11.4. The van der Waals surface area contributed by atoms with Crippen LogP contribution in [0, 0.1) is 0 Å². The van der Waals surface area contributed by atoms with Gasteiger partial charge < -0.3 is 39.2 Å². The van der Waals surface area contributed by atoms with Crippen LogP contribution in [-0.4, -0.2) is 85.8 Å². The van der Waals surface area contributed by atoms with Gasteiger partial charge in [-0.2, -0.15) is 4.89 Å². The summed E-state index contributed by atoms with van der Waals surface area (Å²) in [5, 5.41) is 40.1. The Hall–Kier alpha value is -3.76. The largest absolute Gasteiger partial charge is 0.458 e. The molecule has 228 valence electrons. The summed E-state index contributed by atoms with van der Waals surface area (Å²) in [5.41, 5.74) is 0.819. The number of aliphatic hydroxyl groups excluding tert-OH is 4. The summed E-state index contributed by atoms with van der Waals surface area (Å²) < 4.78 is 17.4. The monoisotopic (exact) mass is 598 g/mol. The summed E-state index contributed by atoms with van der Waals surface area (Å²) in [7, 11) is 0. The van der Waals surface area contributed by atoms with Gasteiger partial charge in [0.15, 0.2) is 6.29 Å². The molecule has 14 nitrogen and oxygen atoms in total. The highest BCUT2D eigenvalue weighted by Crippen LogP contribution is 2.41. The second-order valence-corrected chi connectivity index (χ2v) is 10.6. The van der Waals surface area contributed by atoms with Gasteiger partial charge in [-0.05, 0) is 24.6 Å². The van der Waals surface area contributed by atoms with Gasteiger partial charge in [-0.3, -0.25) is 9.68 Å². The number of ether oxygens (including phenoxy) is 3. The third-order valence-corrected chi connectivity index (χ3v) is 8.10. The molecule has 0 radical (unpaired) electrons. The fourth-order valence-corrected chi connectivity index (χ4v) is 5.67. The summed E-state index contributed by atoms with van der Waals surface area (Å²) in [6.07, 6.45) is -7.90. The first-order chi connectivity index (χ1) is 20.7. The van der Waals surface area contributed by atoms with Crippen molar-refractivity contribution in [2.24, 2.45) is 0 Å². The van der Waals surface area contributed by atoms with E-state index in [1.165, 1.54) is 0 Å². The van der Waals surface area contributed by atoms with Gasteiger partial charge in [0.1, 0.15) is 31.0 Å². The minimum absolute atomic E-state index is 0.0334. The molecular formula is C29H30N2O12. The minimum atomic E-state index is -1.92. The van der Waals surface area contributed by atoms with Crippen molar-refractivity contribution in [1.82, 2.24) is 9.55 Å². The Balaban J connectivity index is 1.20. The van der Waals surface area contributed by atoms with E-state index in [9.17, 15) is 34.8 Å². The summed E-state index contributed by atoms with van der Waals surface area (Å²) in [5.74, 6) is -1.78. The van der Waals surface area contributed by atoms with Gasteiger partial charge in [0.2, 0.25) is 5.60 Å². The normalized spacial score (nSPS) is 27.7. The molecule has 3 aliphatic rings. The average molecular weight is 599 g/mol. The van der Waals surface area contributed by atoms with E-state index in [0.29, 0.717) is 17.9 Å². The van der Waals surface area contributed by atoms with Gasteiger partial charge in [-0.15, -0.1) is 0 Å². The van der Waals surface area contributed by atoms with Crippen molar-refractivity contribution >= 4 is 22.8 Å². The number of cyclic esters (lactones) is 1. The topological polar surface area (TPSA) is 196 Å². The summed E-state index contributed by atoms with van der Waals surface area (Å²) in [6, 6.07) is 11.2. The van der Waals surface area contributed by atoms with Crippen LogP contribution in [0.15, 0.2) is 41.2 Å². The van der Waals surface area contributed by atoms with Crippen molar-refractivity contribution in [3.63, 3.8) is 0 Å². The van der Waals surface area contributed by atoms with Crippen molar-refractivity contribution in [3.8, 4) is 11.4 Å². The summed E-state index contributed by atoms with van der Waals surface area (Å²) in [6.45, 7) is 0.646. The number of carbonyl (C=O) groups is 2. The lowest BCUT2D eigenvalue weighted by molar-refractivity contribution is -0.337. The quantitative estimate of drug-likeness (QED) is 0.118. The molecule has 0 amide bonds. The van der Waals surface area contributed by atoms with Gasteiger partial charge in [0.25, 0.3) is 5.56 Å². The van der Waals surface area contributed by atoms with Crippen LogP contribution in [0.5, 0.6) is 0 Å². The van der Waals surface area contributed by atoms with E-state index in [1.54, 1.807) is 17.6 Å². The number of pyridine rings is 2. The molecule has 4 N–H and O–H groups in total. The summed E-state index contributed by atoms with van der Waals surface area (Å²) >= 11 is 0. The van der Waals surface area contributed by atoms with Crippen LogP contribution >= 0.6 is 0 Å². The van der Waals surface area contributed by atoms with E-state index >= 15 is 0 Å². The fourth-order valence-electron chi connectivity index (χ4n) is 5.67. The third-order valence-electron chi connectivity index (χ3n) is 8.10. The van der Waals surface area contributed by atoms with Crippen molar-refractivity contribution in [1.29, 1.82) is 0 Å². The fraction of sp³-hybridized carbons (Fsp3) is 0.448. The van der Waals surface area contributed by atoms with Gasteiger partial charge in [0, 0.05) is 16.5 Å². The highest BCUT2D eigenvalue weighted by atomic mass is 17.2. The minimum Gasteiger partial charge on any atom is -0.458 e. The number of hydrogen-bond donors (Lipinski definition) is 4. The SMILES string of the molecule is CC[C@@]1(OOC(=O)CCO[C@@H]2O[C@H](CO)[C@@H](O)[C@H](O)[C@H]2O)C(=O)OCc2c1cc1n(c2=O)Cc2cc3ccccc3nc2-1. The highest BCUT2D eigenvalue weighted by Gasteiger charge is 2.51. The standard InChI is InChI=1S/C29H30N2O12/c1-2-29(43-42-21(33)7-8-39-27-25(36)24(35)23(34)20(12-32)41-27)17-10-19-22-15(9-14-5-3-4-6-18(14)30-22)11-31(19)26(37)16(17)13-40-28(29)38/h3-6,9-10,20,23-25,27,32,34-36H,2,7-8,11-13H2,1H3/t20-,23-,24+,25-,27-,29+/m1/s1. The molecule has 0 spiro atoms. The lowest BCUT2D eigenvalue weighted by atomic mass is 9.86. The molecule has 0 unspecified atom stereocenters. The van der Waals surface area contributed by atoms with Crippen molar-refractivity contribution < 1.29 is 54.0 Å². The molecule has 3 aromatic rings. The smallest absolute Gasteiger partial charge is 0.348 e. The predicted molar refractivity (Wildman–Crippen MR) is 144 cm³/mol. The molecule has 2 aromatic heterocycles. The molecule has 6 rings (SSSR count). The number of para-hydroxylation sites is 1.